The summed E-state index contributed by atoms with van der Waals surface area (Å²) in [6, 6.07) is 0. The van der Waals surface area contributed by atoms with Crippen molar-refractivity contribution in [3.8, 4) is 0 Å². The molecule has 1 heterocycles. The molecule has 1 aliphatic carbocycles. The largest absolute Gasteiger partial charge is 0.461 e. The Bertz CT molecular complexity index is 236. The van der Waals surface area contributed by atoms with Crippen LogP contribution in [0.4, 0.5) is 0 Å². The molecule has 0 saturated carbocycles. The first-order valence-electron chi connectivity index (χ1n) is 4.42. The van der Waals surface area contributed by atoms with Gasteiger partial charge in [0.1, 0.15) is 6.61 Å². The maximum atomic E-state index is 11.3. The minimum Gasteiger partial charge on any atom is -0.461 e. The molecule has 72 valence electrons. The van der Waals surface area contributed by atoms with Crippen molar-refractivity contribution < 1.29 is 19.4 Å². The highest BCUT2D eigenvalue weighted by Crippen LogP contribution is 2.34. The van der Waals surface area contributed by atoms with Gasteiger partial charge in [-0.1, -0.05) is 12.2 Å². The number of rotatable bonds is 3. The van der Waals surface area contributed by atoms with Gasteiger partial charge >= 0.3 is 5.97 Å². The van der Waals surface area contributed by atoms with E-state index < -0.39 is 6.10 Å². The molecule has 2 bridgehead atoms. The predicted molar refractivity (Wildman–Crippen MR) is 44.0 cm³/mol. The number of hydrogen-bond donors (Lipinski definition) is 1. The maximum Gasteiger partial charge on any atom is 0.335 e. The van der Waals surface area contributed by atoms with Crippen LogP contribution >= 0.6 is 0 Å². The van der Waals surface area contributed by atoms with Crippen molar-refractivity contribution in [3.63, 3.8) is 0 Å². The Kier molecular flexibility index (Phi) is 2.33. The van der Waals surface area contributed by atoms with Crippen LogP contribution in [0.2, 0.25) is 0 Å². The fourth-order valence-corrected chi connectivity index (χ4v) is 1.77. The van der Waals surface area contributed by atoms with E-state index in [0.717, 1.165) is 6.42 Å². The molecular weight excluding hydrogens is 172 g/mol. The van der Waals surface area contributed by atoms with Gasteiger partial charge in [0.2, 0.25) is 0 Å². The molecule has 3 unspecified atom stereocenters. The standard InChI is InChI=1S/C9H12O4/c10-3-4-12-9(11)8-6-1-2-7(5-6)13-8/h1-2,6-8,10H,3-5H2. The van der Waals surface area contributed by atoms with Crippen LogP contribution in [0.25, 0.3) is 0 Å². The maximum absolute atomic E-state index is 11.3. The molecule has 2 aliphatic rings. The molecule has 0 aromatic heterocycles. The average molecular weight is 184 g/mol. The third-order valence-corrected chi connectivity index (χ3v) is 2.36. The predicted octanol–water partition coefficient (Wildman–Crippen LogP) is -0.135. The second kappa shape index (κ2) is 3.47. The van der Waals surface area contributed by atoms with Crippen molar-refractivity contribution >= 4 is 5.97 Å². The lowest BCUT2D eigenvalue weighted by atomic mass is 10.0. The van der Waals surface area contributed by atoms with E-state index in [1.807, 2.05) is 12.2 Å². The molecule has 3 atom stereocenters. The SMILES string of the molecule is O=C(OCCO)C1OC2C=CC1C2. The third kappa shape index (κ3) is 1.59. The summed E-state index contributed by atoms with van der Waals surface area (Å²) in [6.07, 6.45) is 4.51. The first-order valence-corrected chi connectivity index (χ1v) is 4.42. The van der Waals surface area contributed by atoms with Gasteiger partial charge in [0.15, 0.2) is 6.10 Å². The fraction of sp³-hybridized carbons (Fsp3) is 0.667. The molecular formula is C9H12O4. The summed E-state index contributed by atoms with van der Waals surface area (Å²) in [5.74, 6) is -0.179. The Morgan fingerprint density at radius 3 is 3.00 bits per heavy atom. The van der Waals surface area contributed by atoms with Crippen LogP contribution in [-0.2, 0) is 14.3 Å². The second-order valence-electron chi connectivity index (χ2n) is 3.27. The van der Waals surface area contributed by atoms with Gasteiger partial charge in [-0.15, -0.1) is 0 Å². The van der Waals surface area contributed by atoms with Gasteiger partial charge in [-0.2, -0.15) is 0 Å². The zero-order valence-corrected chi connectivity index (χ0v) is 7.18. The van der Waals surface area contributed by atoms with E-state index >= 15 is 0 Å². The van der Waals surface area contributed by atoms with E-state index in [1.165, 1.54) is 0 Å². The lowest BCUT2D eigenvalue weighted by Gasteiger charge is -2.16. The average Bonchev–Trinajstić information content (AvgIpc) is 2.74. The van der Waals surface area contributed by atoms with E-state index in [2.05, 4.69) is 0 Å². The smallest absolute Gasteiger partial charge is 0.335 e. The molecule has 4 nitrogen and oxygen atoms in total. The van der Waals surface area contributed by atoms with Crippen molar-refractivity contribution in [1.29, 1.82) is 0 Å². The number of aliphatic hydroxyl groups is 1. The molecule has 0 aromatic rings. The number of hydrogen-bond acceptors (Lipinski definition) is 4. The topological polar surface area (TPSA) is 55.8 Å². The molecule has 1 saturated heterocycles. The molecule has 2 rings (SSSR count). The van der Waals surface area contributed by atoms with Gasteiger partial charge < -0.3 is 14.6 Å². The Balaban J connectivity index is 1.88. The molecule has 0 aromatic carbocycles. The fourth-order valence-electron chi connectivity index (χ4n) is 1.77. The number of carbonyl (C=O) groups excluding carboxylic acids is 1. The molecule has 1 fully saturated rings. The van der Waals surface area contributed by atoms with Gasteiger partial charge in [0, 0.05) is 5.92 Å². The number of esters is 1. The van der Waals surface area contributed by atoms with Crippen molar-refractivity contribution in [2.75, 3.05) is 13.2 Å². The number of ether oxygens (including phenoxy) is 2. The zero-order chi connectivity index (χ0) is 9.26. The summed E-state index contributed by atoms with van der Waals surface area (Å²) < 4.78 is 10.2. The normalized spacial score (nSPS) is 35.3. The van der Waals surface area contributed by atoms with Crippen LogP contribution < -0.4 is 0 Å². The Morgan fingerprint density at radius 2 is 2.46 bits per heavy atom. The highest BCUT2D eigenvalue weighted by molar-refractivity contribution is 5.76. The minimum absolute atomic E-state index is 0.0554. The monoisotopic (exact) mass is 184 g/mol. The van der Waals surface area contributed by atoms with Gasteiger partial charge in [-0.3, -0.25) is 0 Å². The van der Waals surface area contributed by atoms with E-state index in [-0.39, 0.29) is 31.2 Å². The van der Waals surface area contributed by atoms with Crippen LogP contribution in [0, 0.1) is 5.92 Å². The van der Waals surface area contributed by atoms with Crippen LogP contribution in [0.5, 0.6) is 0 Å². The first kappa shape index (κ1) is 8.72. The van der Waals surface area contributed by atoms with Crippen molar-refractivity contribution in [1.82, 2.24) is 0 Å². The molecule has 13 heavy (non-hydrogen) atoms. The van der Waals surface area contributed by atoms with Crippen molar-refractivity contribution in [3.05, 3.63) is 12.2 Å². The molecule has 0 radical (unpaired) electrons. The van der Waals surface area contributed by atoms with Gasteiger partial charge in [-0.05, 0) is 6.42 Å². The summed E-state index contributed by atoms with van der Waals surface area (Å²) in [5, 5.41) is 8.46. The lowest BCUT2D eigenvalue weighted by Crippen LogP contribution is -2.30. The van der Waals surface area contributed by atoms with Crippen LogP contribution in [0.1, 0.15) is 6.42 Å². The lowest BCUT2D eigenvalue weighted by molar-refractivity contribution is -0.158. The Morgan fingerprint density at radius 1 is 1.62 bits per heavy atom. The van der Waals surface area contributed by atoms with E-state index in [4.69, 9.17) is 14.6 Å². The van der Waals surface area contributed by atoms with Crippen LogP contribution in [0.15, 0.2) is 12.2 Å². The van der Waals surface area contributed by atoms with Crippen molar-refractivity contribution in [2.45, 2.75) is 18.6 Å². The number of aliphatic hydroxyl groups excluding tert-OH is 1. The van der Waals surface area contributed by atoms with Gasteiger partial charge in [-0.25, -0.2) is 4.79 Å². The van der Waals surface area contributed by atoms with E-state index in [9.17, 15) is 4.79 Å². The highest BCUT2D eigenvalue weighted by Gasteiger charge is 2.41. The second-order valence-corrected chi connectivity index (χ2v) is 3.27. The molecule has 0 spiro atoms. The molecule has 0 amide bonds. The Labute approximate surface area is 76.1 Å². The summed E-state index contributed by atoms with van der Waals surface area (Å²) in [5.41, 5.74) is 0. The first-order chi connectivity index (χ1) is 6.31. The number of carbonyl (C=O) groups is 1. The Hall–Kier alpha value is -0.870. The zero-order valence-electron chi connectivity index (χ0n) is 7.18. The van der Waals surface area contributed by atoms with Crippen LogP contribution in [-0.4, -0.2) is 36.5 Å². The quantitative estimate of drug-likeness (QED) is 0.490. The van der Waals surface area contributed by atoms with Gasteiger partial charge in [0.05, 0.1) is 12.7 Å². The molecule has 4 heteroatoms. The summed E-state index contributed by atoms with van der Waals surface area (Å²) in [7, 11) is 0. The molecule has 1 N–H and O–H groups in total. The van der Waals surface area contributed by atoms with Gasteiger partial charge in [0.25, 0.3) is 0 Å². The molecule has 1 aliphatic heterocycles. The summed E-state index contributed by atoms with van der Waals surface area (Å²) >= 11 is 0. The third-order valence-electron chi connectivity index (χ3n) is 2.36. The summed E-state index contributed by atoms with van der Waals surface area (Å²) in [4.78, 5) is 11.3. The van der Waals surface area contributed by atoms with Crippen molar-refractivity contribution in [2.24, 2.45) is 5.92 Å². The number of fused-ring (bicyclic) bond motifs is 2. The van der Waals surface area contributed by atoms with Crippen LogP contribution in [0.3, 0.4) is 0 Å². The van der Waals surface area contributed by atoms with E-state index in [0.29, 0.717) is 0 Å². The summed E-state index contributed by atoms with van der Waals surface area (Å²) in [6.45, 7) is -0.0812. The van der Waals surface area contributed by atoms with E-state index in [1.54, 1.807) is 0 Å². The highest BCUT2D eigenvalue weighted by atomic mass is 16.6. The minimum atomic E-state index is -0.443.